The van der Waals surface area contributed by atoms with Crippen LogP contribution in [0, 0.1) is 0 Å². The van der Waals surface area contributed by atoms with Crippen molar-refractivity contribution < 1.29 is 14.7 Å². The number of carbonyl (C=O) groups is 2. The molecule has 0 spiro atoms. The summed E-state index contributed by atoms with van der Waals surface area (Å²) in [6.07, 6.45) is 0.892. The van der Waals surface area contributed by atoms with E-state index in [-0.39, 0.29) is 24.9 Å². The van der Waals surface area contributed by atoms with Gasteiger partial charge in [0.15, 0.2) is 0 Å². The number of benzene rings is 1. The quantitative estimate of drug-likeness (QED) is 0.804. The molecule has 5 nitrogen and oxygen atoms in total. The summed E-state index contributed by atoms with van der Waals surface area (Å²) >= 11 is 0. The molecule has 0 radical (unpaired) electrons. The Bertz CT molecular complexity index is 434. The van der Waals surface area contributed by atoms with Gasteiger partial charge in [-0.3, -0.25) is 4.79 Å². The number of hydrogen-bond donors (Lipinski definition) is 2. The zero-order valence-corrected chi connectivity index (χ0v) is 12.0. The van der Waals surface area contributed by atoms with E-state index in [9.17, 15) is 9.59 Å². The Morgan fingerprint density at radius 1 is 1.30 bits per heavy atom. The van der Waals surface area contributed by atoms with Crippen LogP contribution in [0.15, 0.2) is 30.3 Å². The van der Waals surface area contributed by atoms with Gasteiger partial charge in [0.05, 0.1) is 6.42 Å². The minimum Gasteiger partial charge on any atom is -0.481 e. The first-order chi connectivity index (χ1) is 9.54. The van der Waals surface area contributed by atoms with E-state index in [1.165, 1.54) is 10.5 Å². The highest BCUT2D eigenvalue weighted by Crippen LogP contribution is 2.17. The Kier molecular flexibility index (Phi) is 6.56. The molecule has 0 aliphatic rings. The van der Waals surface area contributed by atoms with Crippen molar-refractivity contribution in [1.82, 2.24) is 10.2 Å². The molecule has 1 atom stereocenters. The first-order valence-corrected chi connectivity index (χ1v) is 6.80. The number of rotatable bonds is 7. The third kappa shape index (κ3) is 5.30. The Morgan fingerprint density at radius 2 is 1.95 bits per heavy atom. The molecule has 0 aromatic heterocycles. The molecule has 20 heavy (non-hydrogen) atoms. The summed E-state index contributed by atoms with van der Waals surface area (Å²) in [7, 11) is 1.60. The summed E-state index contributed by atoms with van der Waals surface area (Å²) in [5, 5.41) is 11.4. The standard InChI is InChI=1S/C15H22N2O3/c1-3-12(13-7-5-4-6-8-13)11-16-15(20)17(2)10-9-14(18)19/h4-8,12H,3,9-11H2,1-2H3,(H,16,20)(H,18,19). The minimum atomic E-state index is -0.902. The smallest absolute Gasteiger partial charge is 0.317 e. The van der Waals surface area contributed by atoms with Crippen LogP contribution in [0.2, 0.25) is 0 Å². The largest absolute Gasteiger partial charge is 0.481 e. The Balaban J connectivity index is 2.44. The number of carboxylic acids is 1. The molecule has 0 saturated carbocycles. The number of hydrogen-bond acceptors (Lipinski definition) is 2. The van der Waals surface area contributed by atoms with Crippen LogP contribution in [-0.2, 0) is 4.79 Å². The van der Waals surface area contributed by atoms with E-state index in [2.05, 4.69) is 24.4 Å². The molecule has 2 amide bonds. The predicted octanol–water partition coefficient (Wildman–Crippen LogP) is 2.30. The van der Waals surface area contributed by atoms with Crippen molar-refractivity contribution in [2.75, 3.05) is 20.1 Å². The van der Waals surface area contributed by atoms with Gasteiger partial charge in [0, 0.05) is 26.1 Å². The van der Waals surface area contributed by atoms with E-state index < -0.39 is 5.97 Å². The first-order valence-electron chi connectivity index (χ1n) is 6.80. The number of carboxylic acid groups (broad SMARTS) is 1. The van der Waals surface area contributed by atoms with Gasteiger partial charge >= 0.3 is 12.0 Å². The van der Waals surface area contributed by atoms with Crippen LogP contribution in [0.4, 0.5) is 4.79 Å². The van der Waals surface area contributed by atoms with Crippen molar-refractivity contribution in [3.63, 3.8) is 0 Å². The number of nitrogens with one attached hydrogen (secondary N) is 1. The average Bonchev–Trinajstić information content (AvgIpc) is 2.46. The molecule has 0 heterocycles. The van der Waals surface area contributed by atoms with E-state index in [0.29, 0.717) is 6.54 Å². The zero-order chi connectivity index (χ0) is 15.0. The lowest BCUT2D eigenvalue weighted by atomic mass is 9.97. The van der Waals surface area contributed by atoms with Gasteiger partial charge in [-0.25, -0.2) is 4.79 Å². The van der Waals surface area contributed by atoms with E-state index in [4.69, 9.17) is 5.11 Å². The van der Waals surface area contributed by atoms with E-state index in [0.717, 1.165) is 6.42 Å². The Hall–Kier alpha value is -2.04. The molecule has 0 fully saturated rings. The van der Waals surface area contributed by atoms with Crippen LogP contribution in [-0.4, -0.2) is 42.1 Å². The maximum atomic E-state index is 11.8. The highest BCUT2D eigenvalue weighted by molar-refractivity contribution is 5.75. The molecular weight excluding hydrogens is 256 g/mol. The van der Waals surface area contributed by atoms with Crippen molar-refractivity contribution in [2.24, 2.45) is 0 Å². The number of nitrogens with zero attached hydrogens (tertiary/aromatic N) is 1. The van der Waals surface area contributed by atoms with Crippen LogP contribution in [0.5, 0.6) is 0 Å². The highest BCUT2D eigenvalue weighted by atomic mass is 16.4. The Morgan fingerprint density at radius 3 is 2.50 bits per heavy atom. The fraction of sp³-hybridized carbons (Fsp3) is 0.467. The lowest BCUT2D eigenvalue weighted by molar-refractivity contribution is -0.137. The zero-order valence-electron chi connectivity index (χ0n) is 12.0. The van der Waals surface area contributed by atoms with Gasteiger partial charge in [-0.2, -0.15) is 0 Å². The summed E-state index contributed by atoms with van der Waals surface area (Å²) in [5.41, 5.74) is 1.20. The van der Waals surface area contributed by atoms with Gasteiger partial charge in [0.25, 0.3) is 0 Å². The van der Waals surface area contributed by atoms with Crippen LogP contribution in [0.1, 0.15) is 31.2 Å². The third-order valence-corrected chi connectivity index (χ3v) is 3.27. The number of amides is 2. The molecule has 1 rings (SSSR count). The maximum Gasteiger partial charge on any atom is 0.317 e. The SMILES string of the molecule is CCC(CNC(=O)N(C)CCC(=O)O)c1ccccc1. The highest BCUT2D eigenvalue weighted by Gasteiger charge is 2.13. The fourth-order valence-electron chi connectivity index (χ4n) is 1.93. The van der Waals surface area contributed by atoms with Crippen molar-refractivity contribution in [2.45, 2.75) is 25.7 Å². The molecule has 5 heteroatoms. The first kappa shape index (κ1) is 16.0. The van der Waals surface area contributed by atoms with Gasteiger partial charge in [-0.05, 0) is 12.0 Å². The van der Waals surface area contributed by atoms with E-state index in [1.807, 2.05) is 18.2 Å². The molecule has 1 aromatic rings. The number of urea groups is 1. The van der Waals surface area contributed by atoms with Crippen LogP contribution >= 0.6 is 0 Å². The normalized spacial score (nSPS) is 11.7. The summed E-state index contributed by atoms with van der Waals surface area (Å²) in [4.78, 5) is 23.7. The fourth-order valence-corrected chi connectivity index (χ4v) is 1.93. The summed E-state index contributed by atoms with van der Waals surface area (Å²) in [6.45, 7) is 2.85. The summed E-state index contributed by atoms with van der Waals surface area (Å²) in [6, 6.07) is 9.80. The van der Waals surface area contributed by atoms with Crippen molar-refractivity contribution in [1.29, 1.82) is 0 Å². The van der Waals surface area contributed by atoms with Gasteiger partial charge in [0.2, 0.25) is 0 Å². The van der Waals surface area contributed by atoms with Gasteiger partial charge in [0.1, 0.15) is 0 Å². The summed E-state index contributed by atoms with van der Waals surface area (Å²) in [5.74, 6) is -0.631. The van der Waals surface area contributed by atoms with Crippen LogP contribution in [0.25, 0.3) is 0 Å². The monoisotopic (exact) mass is 278 g/mol. The number of aliphatic carboxylic acids is 1. The Labute approximate surface area is 119 Å². The topological polar surface area (TPSA) is 69.6 Å². The van der Waals surface area contributed by atoms with E-state index >= 15 is 0 Å². The molecule has 0 bridgehead atoms. The van der Waals surface area contributed by atoms with Crippen LogP contribution in [0.3, 0.4) is 0 Å². The lowest BCUT2D eigenvalue weighted by Gasteiger charge is -2.20. The molecule has 1 unspecified atom stereocenters. The maximum absolute atomic E-state index is 11.8. The average molecular weight is 278 g/mol. The predicted molar refractivity (Wildman–Crippen MR) is 77.8 cm³/mol. The molecule has 0 aliphatic carbocycles. The molecule has 1 aromatic carbocycles. The van der Waals surface area contributed by atoms with Crippen molar-refractivity contribution in [3.8, 4) is 0 Å². The third-order valence-electron chi connectivity index (χ3n) is 3.27. The number of carbonyl (C=O) groups excluding carboxylic acids is 1. The molecule has 0 saturated heterocycles. The van der Waals surface area contributed by atoms with E-state index in [1.54, 1.807) is 7.05 Å². The van der Waals surface area contributed by atoms with Gasteiger partial charge in [-0.1, -0.05) is 37.3 Å². The molecule has 110 valence electrons. The van der Waals surface area contributed by atoms with Gasteiger partial charge in [-0.15, -0.1) is 0 Å². The van der Waals surface area contributed by atoms with Crippen molar-refractivity contribution in [3.05, 3.63) is 35.9 Å². The van der Waals surface area contributed by atoms with Crippen LogP contribution < -0.4 is 5.32 Å². The van der Waals surface area contributed by atoms with Gasteiger partial charge < -0.3 is 15.3 Å². The minimum absolute atomic E-state index is 0.0419. The second-order valence-corrected chi connectivity index (χ2v) is 4.77. The molecule has 0 aliphatic heterocycles. The second-order valence-electron chi connectivity index (χ2n) is 4.77. The second kappa shape index (κ2) is 8.19. The lowest BCUT2D eigenvalue weighted by Crippen LogP contribution is -2.40. The molecular formula is C15H22N2O3. The summed E-state index contributed by atoms with van der Waals surface area (Å²) < 4.78 is 0. The molecule has 2 N–H and O–H groups in total. The van der Waals surface area contributed by atoms with Crippen molar-refractivity contribution >= 4 is 12.0 Å².